The van der Waals surface area contributed by atoms with Gasteiger partial charge in [0.15, 0.2) is 0 Å². The van der Waals surface area contributed by atoms with Gasteiger partial charge in [-0.1, -0.05) is 6.07 Å². The zero-order valence-corrected chi connectivity index (χ0v) is 12.6. The lowest BCUT2D eigenvalue weighted by atomic mass is 10.1. The summed E-state index contributed by atoms with van der Waals surface area (Å²) in [5.74, 6) is -0.0954. The van der Waals surface area contributed by atoms with E-state index in [1.165, 1.54) is 12.1 Å². The van der Waals surface area contributed by atoms with E-state index in [1.54, 1.807) is 35.4 Å². The van der Waals surface area contributed by atoms with Crippen LogP contribution >= 0.6 is 0 Å². The standard InChI is InChI=1S/C17H18FN3O2/c18-12-3-1-4-13(11-12)20-16-15(5-2-8-19-16)17(23)21-9-6-14(22)7-10-21/h1-5,8,11,14,22H,6-7,9-10H2,(H,19,20). The normalized spacial score (nSPS) is 15.5. The average molecular weight is 315 g/mol. The lowest BCUT2D eigenvalue weighted by molar-refractivity contribution is 0.0547. The fourth-order valence-corrected chi connectivity index (χ4v) is 2.62. The number of likely N-dealkylation sites (tertiary alicyclic amines) is 1. The summed E-state index contributed by atoms with van der Waals surface area (Å²) in [7, 11) is 0. The second-order valence-corrected chi connectivity index (χ2v) is 5.56. The van der Waals surface area contributed by atoms with E-state index in [2.05, 4.69) is 10.3 Å². The van der Waals surface area contributed by atoms with Crippen molar-refractivity contribution in [2.75, 3.05) is 18.4 Å². The van der Waals surface area contributed by atoms with E-state index in [0.29, 0.717) is 43.0 Å². The molecule has 1 saturated heterocycles. The number of piperidine rings is 1. The van der Waals surface area contributed by atoms with Crippen molar-refractivity contribution in [1.29, 1.82) is 0 Å². The molecule has 0 radical (unpaired) electrons. The summed E-state index contributed by atoms with van der Waals surface area (Å²) < 4.78 is 13.3. The predicted molar refractivity (Wildman–Crippen MR) is 85.1 cm³/mol. The summed E-state index contributed by atoms with van der Waals surface area (Å²) in [6, 6.07) is 9.40. The van der Waals surface area contributed by atoms with Gasteiger partial charge in [0.25, 0.3) is 5.91 Å². The third-order valence-corrected chi connectivity index (χ3v) is 3.88. The van der Waals surface area contributed by atoms with Crippen molar-refractivity contribution < 1.29 is 14.3 Å². The molecule has 0 saturated carbocycles. The molecule has 0 bridgehead atoms. The molecule has 120 valence electrons. The highest BCUT2D eigenvalue weighted by molar-refractivity contribution is 5.99. The van der Waals surface area contributed by atoms with Gasteiger partial charge in [0.2, 0.25) is 0 Å². The van der Waals surface area contributed by atoms with Crippen LogP contribution in [-0.2, 0) is 0 Å². The van der Waals surface area contributed by atoms with E-state index < -0.39 is 0 Å². The molecular formula is C17H18FN3O2. The first kappa shape index (κ1) is 15.4. The highest BCUT2D eigenvalue weighted by atomic mass is 19.1. The van der Waals surface area contributed by atoms with Gasteiger partial charge in [0.05, 0.1) is 11.7 Å². The molecule has 0 unspecified atom stereocenters. The molecule has 1 aliphatic rings. The molecule has 23 heavy (non-hydrogen) atoms. The van der Waals surface area contributed by atoms with Crippen LogP contribution < -0.4 is 5.32 Å². The number of carbonyl (C=O) groups excluding carboxylic acids is 1. The topological polar surface area (TPSA) is 65.5 Å². The van der Waals surface area contributed by atoms with Crippen molar-refractivity contribution in [2.24, 2.45) is 0 Å². The Kier molecular flexibility index (Phi) is 4.52. The number of aliphatic hydroxyl groups is 1. The monoisotopic (exact) mass is 315 g/mol. The van der Waals surface area contributed by atoms with Crippen LogP contribution in [0.15, 0.2) is 42.6 Å². The van der Waals surface area contributed by atoms with Gasteiger partial charge < -0.3 is 15.3 Å². The van der Waals surface area contributed by atoms with Gasteiger partial charge in [0, 0.05) is 25.0 Å². The number of halogens is 1. The minimum Gasteiger partial charge on any atom is -0.393 e. The summed E-state index contributed by atoms with van der Waals surface area (Å²) in [6.07, 6.45) is 2.41. The van der Waals surface area contributed by atoms with Crippen molar-refractivity contribution >= 4 is 17.4 Å². The van der Waals surface area contributed by atoms with Gasteiger partial charge >= 0.3 is 0 Å². The van der Waals surface area contributed by atoms with E-state index in [-0.39, 0.29) is 17.8 Å². The fourth-order valence-electron chi connectivity index (χ4n) is 2.62. The minimum absolute atomic E-state index is 0.135. The van der Waals surface area contributed by atoms with Gasteiger partial charge in [-0.2, -0.15) is 0 Å². The van der Waals surface area contributed by atoms with Crippen LogP contribution in [0.4, 0.5) is 15.9 Å². The number of nitrogens with zero attached hydrogens (tertiary/aromatic N) is 2. The number of pyridine rings is 1. The number of rotatable bonds is 3. The molecule has 0 spiro atoms. The van der Waals surface area contributed by atoms with Crippen LogP contribution in [0.2, 0.25) is 0 Å². The average Bonchev–Trinajstić information content (AvgIpc) is 2.55. The van der Waals surface area contributed by atoms with E-state index in [0.717, 1.165) is 0 Å². The van der Waals surface area contributed by atoms with Crippen LogP contribution in [0.5, 0.6) is 0 Å². The van der Waals surface area contributed by atoms with Crippen LogP contribution in [-0.4, -0.2) is 40.1 Å². The molecule has 6 heteroatoms. The molecule has 1 aliphatic heterocycles. The van der Waals surface area contributed by atoms with E-state index in [1.807, 2.05) is 0 Å². The maximum absolute atomic E-state index is 13.3. The van der Waals surface area contributed by atoms with E-state index >= 15 is 0 Å². The summed E-state index contributed by atoms with van der Waals surface area (Å²) in [6.45, 7) is 1.04. The smallest absolute Gasteiger partial charge is 0.257 e. The molecule has 2 N–H and O–H groups in total. The SMILES string of the molecule is O=C(c1cccnc1Nc1cccc(F)c1)N1CCC(O)CC1. The summed E-state index contributed by atoms with van der Waals surface area (Å²) in [4.78, 5) is 18.6. The van der Waals surface area contributed by atoms with Gasteiger partial charge in [-0.3, -0.25) is 4.79 Å². The van der Waals surface area contributed by atoms with Crippen LogP contribution in [0.3, 0.4) is 0 Å². The number of carbonyl (C=O) groups is 1. The Bertz CT molecular complexity index is 700. The number of amides is 1. The largest absolute Gasteiger partial charge is 0.393 e. The number of aromatic nitrogens is 1. The number of aliphatic hydroxyl groups excluding tert-OH is 1. The van der Waals surface area contributed by atoms with Crippen molar-refractivity contribution in [3.8, 4) is 0 Å². The van der Waals surface area contributed by atoms with Crippen molar-refractivity contribution in [1.82, 2.24) is 9.88 Å². The van der Waals surface area contributed by atoms with Crippen molar-refractivity contribution in [2.45, 2.75) is 18.9 Å². The maximum atomic E-state index is 13.3. The summed E-state index contributed by atoms with van der Waals surface area (Å²) in [5.41, 5.74) is 0.972. The predicted octanol–water partition coefficient (Wildman–Crippen LogP) is 2.56. The lowest BCUT2D eigenvalue weighted by Gasteiger charge is -2.30. The molecule has 2 heterocycles. The second kappa shape index (κ2) is 6.75. The summed E-state index contributed by atoms with van der Waals surface area (Å²) in [5, 5.41) is 12.6. The first-order valence-corrected chi connectivity index (χ1v) is 7.58. The zero-order valence-electron chi connectivity index (χ0n) is 12.6. The van der Waals surface area contributed by atoms with Gasteiger partial charge in [0.1, 0.15) is 11.6 Å². The highest BCUT2D eigenvalue weighted by Gasteiger charge is 2.24. The number of nitrogens with one attached hydrogen (secondary N) is 1. The lowest BCUT2D eigenvalue weighted by Crippen LogP contribution is -2.40. The van der Waals surface area contributed by atoms with Crippen LogP contribution in [0.1, 0.15) is 23.2 Å². The van der Waals surface area contributed by atoms with E-state index in [4.69, 9.17) is 0 Å². The quantitative estimate of drug-likeness (QED) is 0.913. The third kappa shape index (κ3) is 3.65. The van der Waals surface area contributed by atoms with E-state index in [9.17, 15) is 14.3 Å². The third-order valence-electron chi connectivity index (χ3n) is 3.88. The Morgan fingerprint density at radius 1 is 1.26 bits per heavy atom. The first-order chi connectivity index (χ1) is 11.1. The van der Waals surface area contributed by atoms with Gasteiger partial charge in [-0.15, -0.1) is 0 Å². The minimum atomic E-state index is -0.358. The Balaban J connectivity index is 1.81. The Labute approximate surface area is 133 Å². The van der Waals surface area contributed by atoms with Crippen LogP contribution in [0, 0.1) is 5.82 Å². The molecule has 0 aliphatic carbocycles. The molecule has 2 aromatic rings. The van der Waals surface area contributed by atoms with Crippen LogP contribution in [0.25, 0.3) is 0 Å². The molecule has 1 aromatic carbocycles. The van der Waals surface area contributed by atoms with Crippen molar-refractivity contribution in [3.63, 3.8) is 0 Å². The molecule has 1 aromatic heterocycles. The molecule has 1 fully saturated rings. The Morgan fingerprint density at radius 2 is 2.04 bits per heavy atom. The zero-order chi connectivity index (χ0) is 16.2. The molecule has 5 nitrogen and oxygen atoms in total. The Hall–Kier alpha value is -2.47. The number of hydrogen-bond donors (Lipinski definition) is 2. The van der Waals surface area contributed by atoms with Gasteiger partial charge in [-0.25, -0.2) is 9.37 Å². The number of benzene rings is 1. The van der Waals surface area contributed by atoms with Crippen molar-refractivity contribution in [3.05, 3.63) is 54.0 Å². The summed E-state index contributed by atoms with van der Waals surface area (Å²) >= 11 is 0. The molecular weight excluding hydrogens is 297 g/mol. The number of hydrogen-bond acceptors (Lipinski definition) is 4. The molecule has 0 atom stereocenters. The fraction of sp³-hybridized carbons (Fsp3) is 0.294. The second-order valence-electron chi connectivity index (χ2n) is 5.56. The number of anilines is 2. The Morgan fingerprint density at radius 3 is 2.78 bits per heavy atom. The molecule has 1 amide bonds. The maximum Gasteiger partial charge on any atom is 0.257 e. The first-order valence-electron chi connectivity index (χ1n) is 7.58. The molecule has 3 rings (SSSR count). The highest BCUT2D eigenvalue weighted by Crippen LogP contribution is 2.22. The van der Waals surface area contributed by atoms with Gasteiger partial charge in [-0.05, 0) is 43.2 Å².